The summed E-state index contributed by atoms with van der Waals surface area (Å²) in [5.41, 5.74) is 0.578. The van der Waals surface area contributed by atoms with Crippen LogP contribution < -0.4 is 0 Å². The summed E-state index contributed by atoms with van der Waals surface area (Å²) >= 11 is 12.2. The highest BCUT2D eigenvalue weighted by molar-refractivity contribution is 6.36. The zero-order valence-corrected chi connectivity index (χ0v) is 12.5. The Balaban J connectivity index is 2.16. The summed E-state index contributed by atoms with van der Waals surface area (Å²) in [4.78, 5) is 0. The van der Waals surface area contributed by atoms with Gasteiger partial charge in [0.05, 0.1) is 5.60 Å². The predicted molar refractivity (Wildman–Crippen MR) is 80.9 cm³/mol. The molecule has 0 spiro atoms. The van der Waals surface area contributed by atoms with Crippen molar-refractivity contribution in [1.82, 2.24) is 0 Å². The molecule has 0 bridgehead atoms. The summed E-state index contributed by atoms with van der Waals surface area (Å²) in [6.07, 6.45) is 0.734. The van der Waals surface area contributed by atoms with Gasteiger partial charge in [0.15, 0.2) is 0 Å². The highest BCUT2D eigenvalue weighted by Crippen LogP contribution is 2.29. The molecular weight excluding hydrogens is 298 g/mol. The molecule has 1 N–H and O–H groups in total. The third-order valence-corrected chi connectivity index (χ3v) is 3.83. The van der Waals surface area contributed by atoms with E-state index in [0.29, 0.717) is 22.9 Å². The fourth-order valence-corrected chi connectivity index (χ4v) is 2.72. The summed E-state index contributed by atoms with van der Waals surface area (Å²) < 4.78 is 12.9. The molecule has 1 atom stereocenters. The first kappa shape index (κ1) is 15.3. The molecule has 2 rings (SSSR count). The lowest BCUT2D eigenvalue weighted by Gasteiger charge is -2.24. The van der Waals surface area contributed by atoms with Gasteiger partial charge in [-0.05, 0) is 42.3 Å². The molecule has 0 saturated heterocycles. The number of rotatable bonds is 4. The van der Waals surface area contributed by atoms with E-state index in [2.05, 4.69) is 0 Å². The standard InChI is InChI=1S/C16H15Cl2FO/c1-16(20,9-11-5-7-12(19)8-6-11)10-13-14(17)3-2-4-15(13)18/h2-8,20H,9-10H2,1H3. The molecule has 20 heavy (non-hydrogen) atoms. The molecule has 0 aliphatic rings. The van der Waals surface area contributed by atoms with Crippen LogP contribution in [0, 0.1) is 5.82 Å². The van der Waals surface area contributed by atoms with Gasteiger partial charge in [0.25, 0.3) is 0 Å². The number of hydrogen-bond donors (Lipinski definition) is 1. The molecule has 0 saturated carbocycles. The molecule has 4 heteroatoms. The fraction of sp³-hybridized carbons (Fsp3) is 0.250. The van der Waals surface area contributed by atoms with Crippen molar-refractivity contribution in [2.24, 2.45) is 0 Å². The third kappa shape index (κ3) is 3.95. The van der Waals surface area contributed by atoms with Crippen LogP contribution >= 0.6 is 23.2 Å². The highest BCUT2D eigenvalue weighted by atomic mass is 35.5. The Kier molecular flexibility index (Phi) is 4.69. The number of aliphatic hydroxyl groups is 1. The molecular formula is C16H15Cl2FO. The first-order valence-corrected chi connectivity index (χ1v) is 7.03. The van der Waals surface area contributed by atoms with Gasteiger partial charge < -0.3 is 5.11 Å². The number of halogens is 3. The largest absolute Gasteiger partial charge is 0.389 e. The monoisotopic (exact) mass is 312 g/mol. The van der Waals surface area contributed by atoms with Crippen molar-refractivity contribution < 1.29 is 9.50 Å². The van der Waals surface area contributed by atoms with E-state index in [1.807, 2.05) is 0 Å². The minimum Gasteiger partial charge on any atom is -0.389 e. The first-order chi connectivity index (χ1) is 9.37. The normalized spacial score (nSPS) is 14.1. The lowest BCUT2D eigenvalue weighted by molar-refractivity contribution is 0.0608. The van der Waals surface area contributed by atoms with Crippen molar-refractivity contribution in [3.8, 4) is 0 Å². The van der Waals surface area contributed by atoms with Gasteiger partial charge in [0.2, 0.25) is 0 Å². The average molecular weight is 313 g/mol. The van der Waals surface area contributed by atoms with Crippen molar-refractivity contribution in [2.45, 2.75) is 25.4 Å². The molecule has 2 aromatic rings. The molecule has 0 amide bonds. The van der Waals surface area contributed by atoms with Gasteiger partial charge in [0.1, 0.15) is 5.82 Å². The van der Waals surface area contributed by atoms with E-state index in [1.165, 1.54) is 12.1 Å². The molecule has 0 fully saturated rings. The Morgan fingerprint density at radius 1 is 1.00 bits per heavy atom. The predicted octanol–water partition coefficient (Wildman–Crippen LogP) is 4.67. The molecule has 106 valence electrons. The summed E-state index contributed by atoms with van der Waals surface area (Å²) in [6, 6.07) is 11.4. The van der Waals surface area contributed by atoms with Gasteiger partial charge >= 0.3 is 0 Å². The zero-order chi connectivity index (χ0) is 14.8. The molecule has 1 nitrogen and oxygen atoms in total. The van der Waals surface area contributed by atoms with Gasteiger partial charge in [-0.3, -0.25) is 0 Å². The van der Waals surface area contributed by atoms with E-state index in [-0.39, 0.29) is 5.82 Å². The molecule has 2 aromatic carbocycles. The molecule has 0 aliphatic carbocycles. The minimum atomic E-state index is -1.01. The van der Waals surface area contributed by atoms with Crippen LogP contribution in [0.2, 0.25) is 10.0 Å². The van der Waals surface area contributed by atoms with Gasteiger partial charge in [-0.25, -0.2) is 4.39 Å². The van der Waals surface area contributed by atoms with E-state index >= 15 is 0 Å². The van der Waals surface area contributed by atoms with Crippen LogP contribution in [0.25, 0.3) is 0 Å². The fourth-order valence-electron chi connectivity index (χ4n) is 2.19. The van der Waals surface area contributed by atoms with Crippen LogP contribution in [0.15, 0.2) is 42.5 Å². The smallest absolute Gasteiger partial charge is 0.123 e. The van der Waals surface area contributed by atoms with Gasteiger partial charge in [-0.2, -0.15) is 0 Å². The van der Waals surface area contributed by atoms with Gasteiger partial charge in [-0.1, -0.05) is 41.4 Å². The van der Waals surface area contributed by atoms with E-state index in [9.17, 15) is 9.50 Å². The SMILES string of the molecule is CC(O)(Cc1ccc(F)cc1)Cc1c(Cl)cccc1Cl. The second-order valence-corrected chi connectivity index (χ2v) is 5.99. The quantitative estimate of drug-likeness (QED) is 0.870. The van der Waals surface area contributed by atoms with Crippen molar-refractivity contribution in [2.75, 3.05) is 0 Å². The molecule has 0 aromatic heterocycles. The zero-order valence-electron chi connectivity index (χ0n) is 11.0. The maximum Gasteiger partial charge on any atom is 0.123 e. The maximum atomic E-state index is 12.9. The van der Waals surface area contributed by atoms with E-state index < -0.39 is 5.60 Å². The lowest BCUT2D eigenvalue weighted by Crippen LogP contribution is -2.30. The molecule has 0 aliphatic heterocycles. The van der Waals surface area contributed by atoms with E-state index in [1.54, 1.807) is 37.3 Å². The van der Waals surface area contributed by atoms with Crippen molar-refractivity contribution in [3.05, 3.63) is 69.5 Å². The second kappa shape index (κ2) is 6.13. The highest BCUT2D eigenvalue weighted by Gasteiger charge is 2.24. The van der Waals surface area contributed by atoms with Crippen LogP contribution in [-0.2, 0) is 12.8 Å². The Morgan fingerprint density at radius 2 is 1.55 bits per heavy atom. The summed E-state index contributed by atoms with van der Waals surface area (Å²) in [7, 11) is 0. The van der Waals surface area contributed by atoms with E-state index in [0.717, 1.165) is 11.1 Å². The van der Waals surface area contributed by atoms with Crippen LogP contribution in [0.1, 0.15) is 18.1 Å². The Bertz CT molecular complexity index is 574. The third-order valence-electron chi connectivity index (χ3n) is 3.12. The van der Waals surface area contributed by atoms with Crippen molar-refractivity contribution >= 4 is 23.2 Å². The molecule has 0 heterocycles. The lowest BCUT2D eigenvalue weighted by atomic mass is 9.90. The van der Waals surface area contributed by atoms with Gasteiger partial charge in [-0.15, -0.1) is 0 Å². The Hall–Kier alpha value is -1.09. The summed E-state index contributed by atoms with van der Waals surface area (Å²) in [5, 5.41) is 11.6. The average Bonchev–Trinajstić information content (AvgIpc) is 2.37. The van der Waals surface area contributed by atoms with Crippen LogP contribution in [0.3, 0.4) is 0 Å². The first-order valence-electron chi connectivity index (χ1n) is 6.27. The van der Waals surface area contributed by atoms with Gasteiger partial charge in [0, 0.05) is 22.9 Å². The van der Waals surface area contributed by atoms with Crippen molar-refractivity contribution in [1.29, 1.82) is 0 Å². The molecule has 1 unspecified atom stereocenters. The van der Waals surface area contributed by atoms with Crippen LogP contribution in [-0.4, -0.2) is 10.7 Å². The number of hydrogen-bond acceptors (Lipinski definition) is 1. The van der Waals surface area contributed by atoms with E-state index in [4.69, 9.17) is 23.2 Å². The van der Waals surface area contributed by atoms with Crippen LogP contribution in [0.5, 0.6) is 0 Å². The van der Waals surface area contributed by atoms with Crippen LogP contribution in [0.4, 0.5) is 4.39 Å². The topological polar surface area (TPSA) is 20.2 Å². The molecule has 0 radical (unpaired) electrons. The number of benzene rings is 2. The Labute approximate surface area is 128 Å². The summed E-state index contributed by atoms with van der Waals surface area (Å²) in [5.74, 6) is -0.289. The summed E-state index contributed by atoms with van der Waals surface area (Å²) in [6.45, 7) is 1.72. The second-order valence-electron chi connectivity index (χ2n) is 5.18. The Morgan fingerprint density at radius 3 is 2.10 bits per heavy atom. The maximum absolute atomic E-state index is 12.9. The van der Waals surface area contributed by atoms with Crippen molar-refractivity contribution in [3.63, 3.8) is 0 Å². The minimum absolute atomic E-state index is 0.289.